The molecule has 0 saturated heterocycles. The zero-order chi connectivity index (χ0) is 30.9. The number of nitrogens with zero attached hydrogens (tertiary/aromatic N) is 1. The number of nitrogens with one attached hydrogen (secondary N) is 2. The molecule has 2 aliphatic rings. The number of carbonyl (C=O) groups is 4. The van der Waals surface area contributed by atoms with Crippen LogP contribution in [-0.4, -0.2) is 59.0 Å². The average molecular weight is 598 g/mol. The zero-order valence-electron chi connectivity index (χ0n) is 24.7. The highest BCUT2D eigenvalue weighted by Crippen LogP contribution is 2.26. The van der Waals surface area contributed by atoms with Crippen molar-refractivity contribution in [3.63, 3.8) is 0 Å². The summed E-state index contributed by atoms with van der Waals surface area (Å²) in [5, 5.41) is 17.6. The van der Waals surface area contributed by atoms with Gasteiger partial charge in [-0.3, -0.25) is 19.2 Å². The fourth-order valence-electron chi connectivity index (χ4n) is 5.78. The lowest BCUT2D eigenvalue weighted by Crippen LogP contribution is -2.50. The van der Waals surface area contributed by atoms with Crippen LogP contribution >= 0.6 is 0 Å². The third-order valence-electron chi connectivity index (χ3n) is 8.33. The van der Waals surface area contributed by atoms with E-state index >= 15 is 0 Å². The summed E-state index contributed by atoms with van der Waals surface area (Å²) in [6.45, 7) is -0.146. The highest BCUT2D eigenvalue weighted by Gasteiger charge is 2.33. The molecule has 0 fully saturated rings. The first-order valence-electron chi connectivity index (χ1n) is 15.3. The molecule has 3 N–H and O–H groups in total. The van der Waals surface area contributed by atoms with Crippen LogP contribution in [0.2, 0.25) is 0 Å². The van der Waals surface area contributed by atoms with Crippen molar-refractivity contribution in [1.29, 1.82) is 0 Å². The van der Waals surface area contributed by atoms with E-state index in [9.17, 15) is 24.3 Å². The van der Waals surface area contributed by atoms with Crippen molar-refractivity contribution in [3.05, 3.63) is 90.0 Å². The molecule has 2 aliphatic heterocycles. The number of allylic oxidation sites excluding steroid dienone is 2. The van der Waals surface area contributed by atoms with Crippen molar-refractivity contribution in [2.75, 3.05) is 18.5 Å². The van der Waals surface area contributed by atoms with Crippen LogP contribution in [-0.2, 0) is 36.9 Å². The molecule has 0 aromatic heterocycles. The second-order valence-electron chi connectivity index (χ2n) is 11.5. The third-order valence-corrected chi connectivity index (χ3v) is 8.33. The Hall–Kier alpha value is -4.50. The van der Waals surface area contributed by atoms with E-state index in [0.29, 0.717) is 31.5 Å². The molecule has 44 heavy (non-hydrogen) atoms. The molecular formula is C35H39N3O6. The Morgan fingerprint density at radius 1 is 0.955 bits per heavy atom. The molecule has 3 aromatic rings. The van der Waals surface area contributed by atoms with E-state index in [-0.39, 0.29) is 38.0 Å². The molecule has 2 heterocycles. The molecule has 3 aromatic carbocycles. The van der Waals surface area contributed by atoms with E-state index in [2.05, 4.69) is 10.6 Å². The van der Waals surface area contributed by atoms with Crippen molar-refractivity contribution < 1.29 is 29.0 Å². The molecule has 0 spiro atoms. The summed E-state index contributed by atoms with van der Waals surface area (Å²) in [4.78, 5) is 54.8. The van der Waals surface area contributed by atoms with Gasteiger partial charge in [0.2, 0.25) is 11.8 Å². The SMILES string of the molecule is O=C1CCCCC=CC[C@H](CC(=O)N2Cc3ccccc3C[C@H]2CO)C(=O)N[C@H](C(=O)Nc2ccc3ccccc3c2)CO1. The smallest absolute Gasteiger partial charge is 0.305 e. The van der Waals surface area contributed by atoms with E-state index < -0.39 is 29.7 Å². The van der Waals surface area contributed by atoms with Gasteiger partial charge in [0.15, 0.2) is 0 Å². The lowest BCUT2D eigenvalue weighted by Gasteiger charge is -2.36. The quantitative estimate of drug-likeness (QED) is 0.298. The number of benzene rings is 3. The number of hydrogen-bond acceptors (Lipinski definition) is 6. The number of anilines is 1. The van der Waals surface area contributed by atoms with Gasteiger partial charge in [-0.25, -0.2) is 0 Å². The monoisotopic (exact) mass is 597 g/mol. The zero-order valence-corrected chi connectivity index (χ0v) is 24.7. The standard InChI is InChI=1S/C35H39N3O6/c39-22-30-19-26-12-8-9-14-28(26)21-38(30)32(40)20-27-13-4-2-1-3-5-15-33(41)44-23-31(37-34(27)42)35(43)36-29-17-16-24-10-6-7-11-25(24)18-29/h2,4,6-12,14,16-18,27,30-31,39H,1,3,5,13,15,19-23H2,(H,36,43)(H,37,42)/t27-,30+,31+/m1/s1. The minimum Gasteiger partial charge on any atom is -0.463 e. The number of carbonyl (C=O) groups excluding carboxylic acids is 4. The summed E-state index contributed by atoms with van der Waals surface area (Å²) in [6.07, 6.45) is 6.99. The molecule has 3 amide bonds. The van der Waals surface area contributed by atoms with E-state index in [0.717, 1.165) is 34.7 Å². The van der Waals surface area contributed by atoms with Crippen molar-refractivity contribution in [3.8, 4) is 0 Å². The number of amides is 3. The topological polar surface area (TPSA) is 125 Å². The van der Waals surface area contributed by atoms with Gasteiger partial charge in [-0.15, -0.1) is 0 Å². The van der Waals surface area contributed by atoms with E-state index in [4.69, 9.17) is 4.74 Å². The molecule has 9 heteroatoms. The Morgan fingerprint density at radius 3 is 2.55 bits per heavy atom. The summed E-state index contributed by atoms with van der Waals surface area (Å²) in [5.41, 5.74) is 2.67. The first-order chi connectivity index (χ1) is 21.4. The maximum Gasteiger partial charge on any atom is 0.305 e. The van der Waals surface area contributed by atoms with Crippen LogP contribution in [0.4, 0.5) is 5.69 Å². The highest BCUT2D eigenvalue weighted by atomic mass is 16.5. The molecule has 0 bridgehead atoms. The summed E-state index contributed by atoms with van der Waals surface area (Å²) < 4.78 is 5.41. The van der Waals surface area contributed by atoms with Crippen LogP contribution in [0, 0.1) is 5.92 Å². The van der Waals surface area contributed by atoms with Gasteiger partial charge >= 0.3 is 5.97 Å². The Labute approximate surface area is 257 Å². The van der Waals surface area contributed by atoms with Gasteiger partial charge in [0, 0.05) is 25.1 Å². The van der Waals surface area contributed by atoms with Crippen molar-refractivity contribution in [2.24, 2.45) is 5.92 Å². The number of aliphatic hydroxyl groups is 1. The fraction of sp³-hybridized carbons (Fsp3) is 0.371. The maximum absolute atomic E-state index is 13.7. The number of ether oxygens (including phenoxy) is 1. The van der Waals surface area contributed by atoms with Crippen LogP contribution in [0.3, 0.4) is 0 Å². The van der Waals surface area contributed by atoms with Crippen LogP contribution < -0.4 is 10.6 Å². The molecule has 230 valence electrons. The first-order valence-corrected chi connectivity index (χ1v) is 15.3. The number of cyclic esters (lactones) is 1. The first kappa shape index (κ1) is 30.9. The molecule has 0 saturated carbocycles. The Bertz CT molecular complexity index is 1540. The van der Waals surface area contributed by atoms with E-state index in [1.807, 2.05) is 72.8 Å². The average Bonchev–Trinajstić information content (AvgIpc) is 3.04. The summed E-state index contributed by atoms with van der Waals surface area (Å²) in [5.74, 6) is -2.44. The van der Waals surface area contributed by atoms with Gasteiger partial charge in [-0.05, 0) is 66.1 Å². The second-order valence-corrected chi connectivity index (χ2v) is 11.5. The predicted molar refractivity (Wildman–Crippen MR) is 167 cm³/mol. The van der Waals surface area contributed by atoms with Crippen LogP contribution in [0.25, 0.3) is 10.8 Å². The fourth-order valence-corrected chi connectivity index (χ4v) is 5.78. The Kier molecular flexibility index (Phi) is 10.4. The number of esters is 1. The largest absolute Gasteiger partial charge is 0.463 e. The number of rotatable bonds is 5. The van der Waals surface area contributed by atoms with E-state index in [1.54, 1.807) is 11.0 Å². The van der Waals surface area contributed by atoms with Crippen LogP contribution in [0.1, 0.15) is 49.7 Å². The van der Waals surface area contributed by atoms with Crippen LogP contribution in [0.15, 0.2) is 78.9 Å². The van der Waals surface area contributed by atoms with Gasteiger partial charge in [0.05, 0.1) is 18.6 Å². The van der Waals surface area contributed by atoms with Gasteiger partial charge in [-0.1, -0.05) is 66.7 Å². The van der Waals surface area contributed by atoms with Gasteiger partial charge < -0.3 is 25.4 Å². The number of hydrogen-bond donors (Lipinski definition) is 3. The molecule has 0 radical (unpaired) electrons. The van der Waals surface area contributed by atoms with Crippen molar-refractivity contribution >= 4 is 40.2 Å². The Balaban J connectivity index is 1.33. The van der Waals surface area contributed by atoms with Gasteiger partial charge in [-0.2, -0.15) is 0 Å². The summed E-state index contributed by atoms with van der Waals surface area (Å²) in [7, 11) is 0. The molecule has 3 atom stereocenters. The third kappa shape index (κ3) is 7.90. The Morgan fingerprint density at radius 2 is 1.73 bits per heavy atom. The normalized spacial score (nSPS) is 21.5. The molecule has 0 unspecified atom stereocenters. The molecular weight excluding hydrogens is 558 g/mol. The van der Waals surface area contributed by atoms with Crippen LogP contribution in [0.5, 0.6) is 0 Å². The summed E-state index contributed by atoms with van der Waals surface area (Å²) in [6, 6.07) is 19.6. The lowest BCUT2D eigenvalue weighted by atomic mass is 9.92. The summed E-state index contributed by atoms with van der Waals surface area (Å²) >= 11 is 0. The van der Waals surface area contributed by atoms with Gasteiger partial charge in [0.1, 0.15) is 12.6 Å². The maximum atomic E-state index is 13.7. The van der Waals surface area contributed by atoms with Crippen molar-refractivity contribution in [1.82, 2.24) is 10.2 Å². The molecule has 0 aliphatic carbocycles. The van der Waals surface area contributed by atoms with Crippen molar-refractivity contribution in [2.45, 2.75) is 63.6 Å². The molecule has 5 rings (SSSR count). The highest BCUT2D eigenvalue weighted by molar-refractivity contribution is 5.99. The predicted octanol–water partition coefficient (Wildman–Crippen LogP) is 4.28. The number of fused-ring (bicyclic) bond motifs is 2. The van der Waals surface area contributed by atoms with Gasteiger partial charge in [0.25, 0.3) is 5.91 Å². The molecule has 9 nitrogen and oxygen atoms in total. The lowest BCUT2D eigenvalue weighted by molar-refractivity contribution is -0.146. The number of aliphatic hydroxyl groups excluding tert-OH is 1. The minimum atomic E-state index is -1.16. The minimum absolute atomic E-state index is 0.0896. The second kappa shape index (κ2) is 14.8. The van der Waals surface area contributed by atoms with E-state index in [1.165, 1.54) is 0 Å².